The van der Waals surface area contributed by atoms with Gasteiger partial charge in [0, 0.05) is 18.8 Å². The van der Waals surface area contributed by atoms with Crippen LogP contribution in [0.5, 0.6) is 5.75 Å². The molecule has 0 spiro atoms. The van der Waals surface area contributed by atoms with Crippen molar-refractivity contribution in [1.82, 2.24) is 4.98 Å². The standard InChI is InChI=1S/C16H28N2O/c1-3-5-6-7-8-9-13-19-15-10-12-18-16(14-15)17-11-4-2/h10,12,14H,3-9,11,13H2,1-2H3,(H,17,18). The van der Waals surface area contributed by atoms with Crippen molar-refractivity contribution < 1.29 is 4.74 Å². The smallest absolute Gasteiger partial charge is 0.129 e. The van der Waals surface area contributed by atoms with E-state index in [1.165, 1.54) is 32.1 Å². The van der Waals surface area contributed by atoms with Gasteiger partial charge in [0.1, 0.15) is 11.6 Å². The van der Waals surface area contributed by atoms with Gasteiger partial charge in [0.05, 0.1) is 6.61 Å². The van der Waals surface area contributed by atoms with Gasteiger partial charge in [0.2, 0.25) is 0 Å². The van der Waals surface area contributed by atoms with E-state index in [9.17, 15) is 0 Å². The number of ether oxygens (including phenoxy) is 1. The van der Waals surface area contributed by atoms with Crippen molar-refractivity contribution in [3.05, 3.63) is 18.3 Å². The highest BCUT2D eigenvalue weighted by Crippen LogP contribution is 2.15. The molecular formula is C16H28N2O. The molecule has 1 rings (SSSR count). The number of nitrogens with one attached hydrogen (secondary N) is 1. The van der Waals surface area contributed by atoms with Crippen molar-refractivity contribution in [2.75, 3.05) is 18.5 Å². The summed E-state index contributed by atoms with van der Waals surface area (Å²) in [5.41, 5.74) is 0. The van der Waals surface area contributed by atoms with Crippen molar-refractivity contribution in [2.24, 2.45) is 0 Å². The molecular weight excluding hydrogens is 236 g/mol. The summed E-state index contributed by atoms with van der Waals surface area (Å²) in [5, 5.41) is 3.27. The lowest BCUT2D eigenvalue weighted by Gasteiger charge is -2.08. The third-order valence-electron chi connectivity index (χ3n) is 3.05. The number of hydrogen-bond donors (Lipinski definition) is 1. The van der Waals surface area contributed by atoms with Gasteiger partial charge in [0.15, 0.2) is 0 Å². The third-order valence-corrected chi connectivity index (χ3v) is 3.05. The van der Waals surface area contributed by atoms with Gasteiger partial charge in [-0.05, 0) is 18.9 Å². The van der Waals surface area contributed by atoms with Crippen LogP contribution in [0.15, 0.2) is 18.3 Å². The summed E-state index contributed by atoms with van der Waals surface area (Å²) in [6, 6.07) is 3.90. The third kappa shape index (κ3) is 7.70. The summed E-state index contributed by atoms with van der Waals surface area (Å²) in [4.78, 5) is 4.26. The molecule has 0 saturated carbocycles. The maximum absolute atomic E-state index is 5.75. The molecule has 0 aliphatic carbocycles. The van der Waals surface area contributed by atoms with Crippen LogP contribution in [0, 0.1) is 0 Å². The molecule has 0 radical (unpaired) electrons. The van der Waals surface area contributed by atoms with E-state index in [2.05, 4.69) is 24.1 Å². The first-order valence-corrected chi connectivity index (χ1v) is 7.69. The molecule has 1 heterocycles. The van der Waals surface area contributed by atoms with Crippen molar-refractivity contribution in [3.63, 3.8) is 0 Å². The maximum Gasteiger partial charge on any atom is 0.129 e. The molecule has 0 bridgehead atoms. The van der Waals surface area contributed by atoms with E-state index in [4.69, 9.17) is 4.74 Å². The molecule has 1 N–H and O–H groups in total. The first-order chi connectivity index (χ1) is 9.36. The molecule has 0 atom stereocenters. The minimum absolute atomic E-state index is 0.809. The van der Waals surface area contributed by atoms with Gasteiger partial charge in [-0.1, -0.05) is 46.0 Å². The van der Waals surface area contributed by atoms with E-state index in [0.717, 1.165) is 37.6 Å². The monoisotopic (exact) mass is 264 g/mol. The molecule has 0 unspecified atom stereocenters. The number of nitrogens with zero attached hydrogens (tertiary/aromatic N) is 1. The fourth-order valence-corrected chi connectivity index (χ4v) is 1.92. The highest BCUT2D eigenvalue weighted by Gasteiger charge is 1.97. The minimum atomic E-state index is 0.809. The van der Waals surface area contributed by atoms with Crippen LogP contribution in [0.3, 0.4) is 0 Å². The van der Waals surface area contributed by atoms with E-state index in [-0.39, 0.29) is 0 Å². The average molecular weight is 264 g/mol. The Bertz CT molecular complexity index is 328. The molecule has 1 aromatic heterocycles. The second kappa shape index (κ2) is 10.7. The predicted molar refractivity (Wildman–Crippen MR) is 81.9 cm³/mol. The van der Waals surface area contributed by atoms with E-state index in [0.29, 0.717) is 0 Å². The highest BCUT2D eigenvalue weighted by atomic mass is 16.5. The van der Waals surface area contributed by atoms with Crippen LogP contribution in [0.25, 0.3) is 0 Å². The van der Waals surface area contributed by atoms with Crippen molar-refractivity contribution in [1.29, 1.82) is 0 Å². The molecule has 0 aliphatic heterocycles. The number of pyridine rings is 1. The second-order valence-corrected chi connectivity index (χ2v) is 4.92. The lowest BCUT2D eigenvalue weighted by atomic mass is 10.1. The molecule has 0 amide bonds. The van der Waals surface area contributed by atoms with Gasteiger partial charge in [-0.3, -0.25) is 0 Å². The van der Waals surface area contributed by atoms with Crippen molar-refractivity contribution in [2.45, 2.75) is 58.8 Å². The molecule has 19 heavy (non-hydrogen) atoms. The Morgan fingerprint density at radius 1 is 1.05 bits per heavy atom. The van der Waals surface area contributed by atoms with Gasteiger partial charge >= 0.3 is 0 Å². The largest absolute Gasteiger partial charge is 0.493 e. The molecule has 108 valence electrons. The zero-order chi connectivity index (χ0) is 13.8. The quantitative estimate of drug-likeness (QED) is 0.591. The lowest BCUT2D eigenvalue weighted by Crippen LogP contribution is -2.03. The number of hydrogen-bond acceptors (Lipinski definition) is 3. The summed E-state index contributed by atoms with van der Waals surface area (Å²) in [7, 11) is 0. The summed E-state index contributed by atoms with van der Waals surface area (Å²) < 4.78 is 5.75. The Balaban J connectivity index is 2.14. The fourth-order valence-electron chi connectivity index (χ4n) is 1.92. The normalized spacial score (nSPS) is 10.4. The Hall–Kier alpha value is -1.25. The topological polar surface area (TPSA) is 34.1 Å². The molecule has 1 aromatic rings. The van der Waals surface area contributed by atoms with E-state index in [1.54, 1.807) is 6.20 Å². The summed E-state index contributed by atoms with van der Waals surface area (Å²) >= 11 is 0. The molecule has 0 saturated heterocycles. The molecule has 0 fully saturated rings. The van der Waals surface area contributed by atoms with Crippen LogP contribution in [0.1, 0.15) is 58.8 Å². The molecule has 3 heteroatoms. The van der Waals surface area contributed by atoms with Crippen LogP contribution in [-0.4, -0.2) is 18.1 Å². The molecule has 0 aromatic carbocycles. The van der Waals surface area contributed by atoms with Crippen LogP contribution >= 0.6 is 0 Å². The zero-order valence-corrected chi connectivity index (χ0v) is 12.5. The Kier molecular flexibility index (Phi) is 8.86. The van der Waals surface area contributed by atoms with E-state index in [1.807, 2.05) is 12.1 Å². The lowest BCUT2D eigenvalue weighted by molar-refractivity contribution is 0.304. The van der Waals surface area contributed by atoms with Gasteiger partial charge in [-0.25, -0.2) is 4.98 Å². The Morgan fingerprint density at radius 3 is 2.63 bits per heavy atom. The van der Waals surface area contributed by atoms with Crippen molar-refractivity contribution in [3.8, 4) is 5.75 Å². The number of anilines is 1. The van der Waals surface area contributed by atoms with Gasteiger partial charge in [0.25, 0.3) is 0 Å². The summed E-state index contributed by atoms with van der Waals surface area (Å²) in [6.07, 6.45) is 10.7. The van der Waals surface area contributed by atoms with E-state index >= 15 is 0 Å². The molecule has 0 aliphatic rings. The van der Waals surface area contributed by atoms with Gasteiger partial charge in [-0.15, -0.1) is 0 Å². The van der Waals surface area contributed by atoms with Gasteiger partial charge < -0.3 is 10.1 Å². The number of unbranched alkanes of at least 4 members (excludes halogenated alkanes) is 5. The molecule has 3 nitrogen and oxygen atoms in total. The van der Waals surface area contributed by atoms with Crippen LogP contribution in [0.4, 0.5) is 5.82 Å². The van der Waals surface area contributed by atoms with E-state index < -0.39 is 0 Å². The highest BCUT2D eigenvalue weighted by molar-refractivity contribution is 5.40. The summed E-state index contributed by atoms with van der Waals surface area (Å²) in [5.74, 6) is 1.82. The van der Waals surface area contributed by atoms with Crippen molar-refractivity contribution >= 4 is 5.82 Å². The Labute approximate surface area is 117 Å². The predicted octanol–water partition coefficient (Wildman–Crippen LogP) is 4.64. The minimum Gasteiger partial charge on any atom is -0.493 e. The second-order valence-electron chi connectivity index (χ2n) is 4.92. The maximum atomic E-state index is 5.75. The van der Waals surface area contributed by atoms with Crippen LogP contribution in [-0.2, 0) is 0 Å². The number of rotatable bonds is 11. The Morgan fingerprint density at radius 2 is 1.84 bits per heavy atom. The number of aromatic nitrogens is 1. The summed E-state index contributed by atoms with van der Waals surface area (Å²) in [6.45, 7) is 6.15. The van der Waals surface area contributed by atoms with Crippen LogP contribution < -0.4 is 10.1 Å². The zero-order valence-electron chi connectivity index (χ0n) is 12.5. The van der Waals surface area contributed by atoms with Gasteiger partial charge in [-0.2, -0.15) is 0 Å². The first-order valence-electron chi connectivity index (χ1n) is 7.69. The SMILES string of the molecule is CCCCCCCCOc1ccnc(NCCC)c1. The first kappa shape index (κ1) is 15.8. The van der Waals surface area contributed by atoms with Crippen LogP contribution in [0.2, 0.25) is 0 Å². The average Bonchev–Trinajstić information content (AvgIpc) is 2.44. The fraction of sp³-hybridized carbons (Fsp3) is 0.688.